The van der Waals surface area contributed by atoms with Crippen LogP contribution in [0.1, 0.15) is 162 Å². The number of phosphoric acid groups is 1. The molecule has 0 saturated carbocycles. The molecule has 9 heteroatoms. The number of quaternary nitrogens is 1. The van der Waals surface area contributed by atoms with E-state index in [1.54, 1.807) is 6.26 Å². The first-order valence-corrected chi connectivity index (χ1v) is 23.2. The zero-order chi connectivity index (χ0) is 40.6. The number of carbonyl (C=O) groups is 1. The van der Waals surface area contributed by atoms with Gasteiger partial charge in [0.2, 0.25) is 0 Å². The van der Waals surface area contributed by atoms with Gasteiger partial charge in [0.25, 0.3) is 7.82 Å². The summed E-state index contributed by atoms with van der Waals surface area (Å²) in [5.74, 6) is -0.374. The number of carbonyl (C=O) groups excluding carboxylic acids is 1. The fourth-order valence-corrected chi connectivity index (χ4v) is 6.12. The highest BCUT2D eigenvalue weighted by Gasteiger charge is 2.19. The Morgan fingerprint density at radius 1 is 0.582 bits per heavy atom. The maximum atomic E-state index is 12.4. The summed E-state index contributed by atoms with van der Waals surface area (Å²) >= 11 is 0. The van der Waals surface area contributed by atoms with Gasteiger partial charge >= 0.3 is 5.97 Å². The van der Waals surface area contributed by atoms with Crippen molar-refractivity contribution in [2.45, 2.75) is 168 Å². The smallest absolute Gasteiger partial charge is 0.306 e. The van der Waals surface area contributed by atoms with Gasteiger partial charge in [-0.15, -0.1) is 0 Å². The average molecular weight is 792 g/mol. The molecule has 0 aliphatic heterocycles. The van der Waals surface area contributed by atoms with Crippen LogP contribution in [0.25, 0.3) is 0 Å². The van der Waals surface area contributed by atoms with E-state index in [0.29, 0.717) is 17.4 Å². The number of hydrogen-bond donors (Lipinski definition) is 0. The lowest BCUT2D eigenvalue weighted by Crippen LogP contribution is -2.37. The Hall–Kier alpha value is -2.22. The van der Waals surface area contributed by atoms with Crippen molar-refractivity contribution >= 4 is 13.8 Å². The Balaban J connectivity index is 4.42. The number of esters is 1. The average Bonchev–Trinajstić information content (AvgIpc) is 3.14. The van der Waals surface area contributed by atoms with Crippen molar-refractivity contribution in [3.8, 4) is 0 Å². The summed E-state index contributed by atoms with van der Waals surface area (Å²) < 4.78 is 34.2. The molecule has 0 N–H and O–H groups in total. The normalized spacial score (nSPS) is 14.4. The molecule has 55 heavy (non-hydrogen) atoms. The number of phosphoric ester groups is 1. The highest BCUT2D eigenvalue weighted by Crippen LogP contribution is 2.38. The Morgan fingerprint density at radius 3 is 1.55 bits per heavy atom. The minimum Gasteiger partial charge on any atom is -0.756 e. The summed E-state index contributed by atoms with van der Waals surface area (Å²) in [5.41, 5.74) is 0. The topological polar surface area (TPSA) is 94.1 Å². The summed E-state index contributed by atoms with van der Waals surface area (Å²) in [7, 11) is 1.32. The zero-order valence-electron chi connectivity index (χ0n) is 35.8. The van der Waals surface area contributed by atoms with E-state index < -0.39 is 13.9 Å². The standard InChI is InChI=1S/C46H82NO7P/c1-6-8-10-12-14-16-18-20-22-23-24-25-26-27-29-31-33-35-37-39-46(48)52-43-45(44-54-55(49,50)53-42-40-47(3,4)5)51-41-38-36-34-32-30-28-21-19-17-15-13-11-9-7-2/h14,16,20,22,24-25,27,29,33,35,38,41,45H,6-13,15,17-19,21,23,26,28,30-32,34,36-37,39-40,42-44H2,1-5H3/b16-14-,22-20-,25-24-,29-27-,35-33-,41-38-. The Morgan fingerprint density at radius 2 is 1.02 bits per heavy atom. The Kier molecular flexibility index (Phi) is 37.1. The van der Waals surface area contributed by atoms with Crippen LogP contribution in [-0.2, 0) is 27.9 Å². The second-order valence-corrected chi connectivity index (χ2v) is 16.8. The molecule has 0 rings (SSSR count). The molecule has 0 fully saturated rings. The van der Waals surface area contributed by atoms with E-state index in [1.165, 1.54) is 96.3 Å². The first kappa shape index (κ1) is 52.8. The fourth-order valence-electron chi connectivity index (χ4n) is 5.39. The molecule has 2 unspecified atom stereocenters. The third-order valence-electron chi connectivity index (χ3n) is 8.86. The predicted octanol–water partition coefficient (Wildman–Crippen LogP) is 12.4. The number of nitrogens with zero attached hydrogens (tertiary/aromatic N) is 1. The molecule has 0 aromatic carbocycles. The molecular weight excluding hydrogens is 709 g/mol. The van der Waals surface area contributed by atoms with Crippen LogP contribution in [0, 0.1) is 0 Å². The molecule has 0 bridgehead atoms. The van der Waals surface area contributed by atoms with Gasteiger partial charge in [-0.3, -0.25) is 9.36 Å². The summed E-state index contributed by atoms with van der Waals surface area (Å²) in [6.45, 7) is 4.58. The quantitative estimate of drug-likeness (QED) is 0.0153. The van der Waals surface area contributed by atoms with Crippen LogP contribution in [0.4, 0.5) is 0 Å². The van der Waals surface area contributed by atoms with Gasteiger partial charge in [-0.2, -0.15) is 0 Å². The van der Waals surface area contributed by atoms with Crippen LogP contribution in [0.5, 0.6) is 0 Å². The molecule has 8 nitrogen and oxygen atoms in total. The van der Waals surface area contributed by atoms with E-state index in [1.807, 2.05) is 39.4 Å². The molecule has 0 amide bonds. The van der Waals surface area contributed by atoms with Crippen LogP contribution in [0.2, 0.25) is 0 Å². The molecular formula is C46H82NO7P. The first-order chi connectivity index (χ1) is 26.6. The van der Waals surface area contributed by atoms with Crippen LogP contribution in [-0.4, -0.2) is 64.1 Å². The van der Waals surface area contributed by atoms with Crippen molar-refractivity contribution in [1.29, 1.82) is 0 Å². The molecule has 0 heterocycles. The fraction of sp³-hybridized carbons (Fsp3) is 0.717. The molecule has 2 atom stereocenters. The van der Waals surface area contributed by atoms with Crippen molar-refractivity contribution in [3.63, 3.8) is 0 Å². The Bertz CT molecular complexity index is 1110. The summed E-state index contributed by atoms with van der Waals surface area (Å²) in [4.78, 5) is 24.8. The summed E-state index contributed by atoms with van der Waals surface area (Å²) in [6, 6.07) is 0. The van der Waals surface area contributed by atoms with Gasteiger partial charge in [0, 0.05) is 6.42 Å². The number of hydrogen-bond acceptors (Lipinski definition) is 7. The monoisotopic (exact) mass is 792 g/mol. The van der Waals surface area contributed by atoms with Gasteiger partial charge in [-0.1, -0.05) is 158 Å². The minimum absolute atomic E-state index is 0.0136. The third-order valence-corrected chi connectivity index (χ3v) is 9.83. The maximum absolute atomic E-state index is 12.4. The molecule has 0 aromatic rings. The first-order valence-electron chi connectivity index (χ1n) is 21.7. The summed E-state index contributed by atoms with van der Waals surface area (Å²) in [6.07, 6.45) is 50.3. The summed E-state index contributed by atoms with van der Waals surface area (Å²) in [5, 5.41) is 0. The molecule has 318 valence electrons. The lowest BCUT2D eigenvalue weighted by atomic mass is 10.0. The second kappa shape index (κ2) is 38.6. The number of likely N-dealkylation sites (N-methyl/N-ethyl adjacent to an activating group) is 1. The highest BCUT2D eigenvalue weighted by molar-refractivity contribution is 7.45. The van der Waals surface area contributed by atoms with Gasteiger partial charge in [-0.25, -0.2) is 0 Å². The molecule has 0 radical (unpaired) electrons. The lowest BCUT2D eigenvalue weighted by molar-refractivity contribution is -0.870. The molecule has 0 saturated heterocycles. The van der Waals surface area contributed by atoms with Gasteiger partial charge < -0.3 is 27.9 Å². The van der Waals surface area contributed by atoms with Crippen LogP contribution in [0.3, 0.4) is 0 Å². The Labute approximate surface area is 338 Å². The van der Waals surface area contributed by atoms with Crippen LogP contribution >= 0.6 is 7.82 Å². The van der Waals surface area contributed by atoms with Crippen LogP contribution in [0.15, 0.2) is 73.1 Å². The van der Waals surface area contributed by atoms with E-state index >= 15 is 0 Å². The molecule has 0 aliphatic carbocycles. The van der Waals surface area contributed by atoms with E-state index in [-0.39, 0.29) is 32.2 Å². The van der Waals surface area contributed by atoms with Crippen molar-refractivity contribution in [2.75, 3.05) is 47.5 Å². The number of rotatable bonds is 39. The second-order valence-electron chi connectivity index (χ2n) is 15.4. The minimum atomic E-state index is -4.53. The van der Waals surface area contributed by atoms with E-state index in [0.717, 1.165) is 38.5 Å². The molecule has 0 spiro atoms. The lowest BCUT2D eigenvalue weighted by Gasteiger charge is -2.28. The van der Waals surface area contributed by atoms with Gasteiger partial charge in [0.15, 0.2) is 6.10 Å². The van der Waals surface area contributed by atoms with E-state index in [4.69, 9.17) is 18.5 Å². The number of allylic oxidation sites excluding steroid dienone is 11. The van der Waals surface area contributed by atoms with E-state index in [9.17, 15) is 14.3 Å². The van der Waals surface area contributed by atoms with Gasteiger partial charge in [0.1, 0.15) is 19.8 Å². The van der Waals surface area contributed by atoms with E-state index in [2.05, 4.69) is 62.5 Å². The van der Waals surface area contributed by atoms with Crippen molar-refractivity contribution in [3.05, 3.63) is 73.1 Å². The van der Waals surface area contributed by atoms with Crippen molar-refractivity contribution in [1.82, 2.24) is 0 Å². The van der Waals surface area contributed by atoms with Crippen molar-refractivity contribution < 1.29 is 37.3 Å². The molecule has 0 aliphatic rings. The van der Waals surface area contributed by atoms with Gasteiger partial charge in [0.05, 0.1) is 34.0 Å². The third kappa shape index (κ3) is 42.8. The largest absolute Gasteiger partial charge is 0.756 e. The number of ether oxygens (including phenoxy) is 2. The molecule has 0 aromatic heterocycles. The zero-order valence-corrected chi connectivity index (χ0v) is 36.7. The highest BCUT2D eigenvalue weighted by atomic mass is 31.2. The SMILES string of the molecule is CCCCC/C=C\C/C=C\C/C=C\C/C=C\C/C=C\CCC(=O)OCC(COP(=O)([O-])OCC[N+](C)(C)C)O/C=C\CCCCCCCCCCCCCC. The number of unbranched alkanes of at least 4 members (excludes halogenated alkanes) is 15. The van der Waals surface area contributed by atoms with Crippen LogP contribution < -0.4 is 4.89 Å². The predicted molar refractivity (Wildman–Crippen MR) is 231 cm³/mol. The maximum Gasteiger partial charge on any atom is 0.306 e. The van der Waals surface area contributed by atoms with Gasteiger partial charge in [-0.05, 0) is 63.9 Å². The van der Waals surface area contributed by atoms with Crippen molar-refractivity contribution in [2.24, 2.45) is 0 Å².